The van der Waals surface area contributed by atoms with E-state index < -0.39 is 15.1 Å². The Hall–Kier alpha value is -1.73. The molecule has 1 amide bonds. The number of amides is 1. The first-order valence-corrected chi connectivity index (χ1v) is 10.3. The molecule has 2 heterocycles. The van der Waals surface area contributed by atoms with Crippen LogP contribution in [0.1, 0.15) is 32.7 Å². The minimum Gasteiger partial charge on any atom is -0.337 e. The van der Waals surface area contributed by atoms with Gasteiger partial charge in [-0.2, -0.15) is 0 Å². The molecule has 2 fully saturated rings. The molecule has 0 spiro atoms. The van der Waals surface area contributed by atoms with E-state index in [0.29, 0.717) is 30.5 Å². The largest absolute Gasteiger partial charge is 0.337 e. The molecule has 4 rings (SSSR count). The van der Waals surface area contributed by atoms with E-state index in [9.17, 15) is 18.0 Å². The van der Waals surface area contributed by atoms with Gasteiger partial charge in [-0.15, -0.1) is 0 Å². The third kappa shape index (κ3) is 2.52. The molecule has 2 saturated heterocycles. The minimum atomic E-state index is -3.18. The molecule has 134 valence electrons. The average Bonchev–Trinajstić information content (AvgIpc) is 3.22. The Kier molecular flexibility index (Phi) is 3.77. The van der Waals surface area contributed by atoms with Crippen molar-refractivity contribution in [3.63, 3.8) is 0 Å². The fourth-order valence-corrected chi connectivity index (χ4v) is 7.07. The summed E-state index contributed by atoms with van der Waals surface area (Å²) in [6.45, 7) is 0.719. The first-order valence-electron chi connectivity index (χ1n) is 8.62. The van der Waals surface area contributed by atoms with Crippen LogP contribution in [0, 0.1) is 5.92 Å². The van der Waals surface area contributed by atoms with Crippen molar-refractivity contribution in [2.24, 2.45) is 5.92 Å². The van der Waals surface area contributed by atoms with Gasteiger partial charge in [-0.25, -0.2) is 8.42 Å². The van der Waals surface area contributed by atoms with Gasteiger partial charge in [0.1, 0.15) is 0 Å². The lowest BCUT2D eigenvalue weighted by Crippen LogP contribution is -2.38. The molecule has 2 aliphatic heterocycles. The Bertz CT molecular complexity index is 862. The van der Waals surface area contributed by atoms with Gasteiger partial charge < -0.3 is 9.80 Å². The molecule has 1 aromatic rings. The van der Waals surface area contributed by atoms with E-state index in [1.165, 1.54) is 0 Å². The van der Waals surface area contributed by atoms with Crippen molar-refractivity contribution in [1.29, 1.82) is 0 Å². The molecule has 0 N–H and O–H groups in total. The molecule has 0 aromatic heterocycles. The van der Waals surface area contributed by atoms with E-state index in [4.69, 9.17) is 0 Å². The Morgan fingerprint density at radius 2 is 1.96 bits per heavy atom. The van der Waals surface area contributed by atoms with Crippen LogP contribution in [0.2, 0.25) is 0 Å². The SMILES string of the molecule is CN(C)[C@@H]1CS(=O)(=O)[C@H]2CN(C(=O)c3cccc4c3CCC4=O)C[C@@H]12. The highest BCUT2D eigenvalue weighted by molar-refractivity contribution is 7.92. The number of sulfone groups is 1. The minimum absolute atomic E-state index is 0.0395. The lowest BCUT2D eigenvalue weighted by atomic mass is 9.99. The van der Waals surface area contributed by atoms with Gasteiger partial charge in [0.25, 0.3) is 5.91 Å². The summed E-state index contributed by atoms with van der Waals surface area (Å²) in [5.41, 5.74) is 2.02. The number of benzene rings is 1. The molecule has 25 heavy (non-hydrogen) atoms. The molecule has 0 unspecified atom stereocenters. The van der Waals surface area contributed by atoms with Crippen molar-refractivity contribution in [2.45, 2.75) is 24.1 Å². The number of carbonyl (C=O) groups excluding carboxylic acids is 2. The standard InChI is InChI=1S/C18H22N2O4S/c1-19(2)15-10-25(23,24)17-9-20(8-14(15)17)18(22)13-5-3-4-12-11(13)6-7-16(12)21/h3-5,14-15,17H,6-10H2,1-2H3/t14-,15+,17-/m0/s1. The Labute approximate surface area is 147 Å². The summed E-state index contributed by atoms with van der Waals surface area (Å²) >= 11 is 0. The quantitative estimate of drug-likeness (QED) is 0.771. The Morgan fingerprint density at radius 3 is 2.68 bits per heavy atom. The topological polar surface area (TPSA) is 74.8 Å². The number of Topliss-reactive ketones (excluding diaryl/α,β-unsaturated/α-hetero) is 1. The van der Waals surface area contributed by atoms with Gasteiger partial charge in [0.05, 0.1) is 11.0 Å². The predicted octanol–water partition coefficient (Wildman–Crippen LogP) is 0.615. The van der Waals surface area contributed by atoms with Crippen molar-refractivity contribution in [2.75, 3.05) is 32.9 Å². The summed E-state index contributed by atoms with van der Waals surface area (Å²) in [5, 5.41) is -0.470. The molecule has 1 aromatic carbocycles. The van der Waals surface area contributed by atoms with Gasteiger partial charge in [-0.05, 0) is 32.1 Å². The zero-order chi connectivity index (χ0) is 17.9. The molecule has 0 bridgehead atoms. The second-order valence-electron chi connectivity index (χ2n) is 7.53. The van der Waals surface area contributed by atoms with E-state index >= 15 is 0 Å². The normalized spacial score (nSPS) is 30.0. The van der Waals surface area contributed by atoms with Crippen LogP contribution in [0.25, 0.3) is 0 Å². The maximum atomic E-state index is 13.0. The van der Waals surface area contributed by atoms with Crippen molar-refractivity contribution in [3.8, 4) is 0 Å². The smallest absolute Gasteiger partial charge is 0.254 e. The number of nitrogens with zero attached hydrogens (tertiary/aromatic N) is 2. The summed E-state index contributed by atoms with van der Waals surface area (Å²) < 4.78 is 25.0. The van der Waals surface area contributed by atoms with Gasteiger partial charge in [0, 0.05) is 42.6 Å². The number of rotatable bonds is 2. The van der Waals surface area contributed by atoms with Gasteiger partial charge >= 0.3 is 0 Å². The van der Waals surface area contributed by atoms with Gasteiger partial charge in [0.15, 0.2) is 15.6 Å². The van der Waals surface area contributed by atoms with Gasteiger partial charge in [-0.1, -0.05) is 12.1 Å². The van der Waals surface area contributed by atoms with Crippen LogP contribution in [0.4, 0.5) is 0 Å². The molecule has 3 aliphatic rings. The first kappa shape index (κ1) is 16.7. The summed E-state index contributed by atoms with van der Waals surface area (Å²) in [7, 11) is 0.607. The van der Waals surface area contributed by atoms with Crippen molar-refractivity contribution in [3.05, 3.63) is 34.9 Å². The lowest BCUT2D eigenvalue weighted by Gasteiger charge is -2.25. The Morgan fingerprint density at radius 1 is 1.20 bits per heavy atom. The van der Waals surface area contributed by atoms with Crippen LogP contribution in [0.15, 0.2) is 18.2 Å². The number of carbonyl (C=O) groups is 2. The predicted molar refractivity (Wildman–Crippen MR) is 93.5 cm³/mol. The molecular weight excluding hydrogens is 340 g/mol. The van der Waals surface area contributed by atoms with Crippen LogP contribution in [0.3, 0.4) is 0 Å². The van der Waals surface area contributed by atoms with Crippen LogP contribution >= 0.6 is 0 Å². The summed E-state index contributed by atoms with van der Waals surface area (Å²) in [6.07, 6.45) is 1.04. The van der Waals surface area contributed by atoms with E-state index in [0.717, 1.165) is 5.56 Å². The van der Waals surface area contributed by atoms with Crippen LogP contribution in [-0.4, -0.2) is 74.1 Å². The fourth-order valence-electron chi connectivity index (χ4n) is 4.59. The molecule has 1 aliphatic carbocycles. The van der Waals surface area contributed by atoms with Crippen LogP contribution in [0.5, 0.6) is 0 Å². The zero-order valence-corrected chi connectivity index (χ0v) is 15.3. The molecule has 3 atom stereocenters. The maximum absolute atomic E-state index is 13.0. The summed E-state index contributed by atoms with van der Waals surface area (Å²) in [4.78, 5) is 28.6. The summed E-state index contributed by atoms with van der Waals surface area (Å²) in [6, 6.07) is 5.22. The van der Waals surface area contributed by atoms with E-state index in [2.05, 4.69) is 0 Å². The molecular formula is C18H22N2O4S. The van der Waals surface area contributed by atoms with E-state index in [1.807, 2.05) is 19.0 Å². The van der Waals surface area contributed by atoms with Crippen molar-refractivity contribution >= 4 is 21.5 Å². The number of likely N-dealkylation sites (tertiary alicyclic amines) is 1. The molecule has 7 heteroatoms. The van der Waals surface area contributed by atoms with Crippen LogP contribution in [-0.2, 0) is 16.3 Å². The second kappa shape index (κ2) is 5.64. The number of ketones is 1. The first-order chi connectivity index (χ1) is 11.8. The average molecular weight is 362 g/mol. The van der Waals surface area contributed by atoms with Crippen LogP contribution < -0.4 is 0 Å². The number of fused-ring (bicyclic) bond motifs is 2. The summed E-state index contributed by atoms with van der Waals surface area (Å²) in [5.74, 6) is 0.0706. The van der Waals surface area contributed by atoms with E-state index in [1.54, 1.807) is 23.1 Å². The highest BCUT2D eigenvalue weighted by atomic mass is 32.2. The highest BCUT2D eigenvalue weighted by Crippen LogP contribution is 2.37. The fraction of sp³-hybridized carbons (Fsp3) is 0.556. The van der Waals surface area contributed by atoms with Crippen molar-refractivity contribution in [1.82, 2.24) is 9.80 Å². The third-order valence-electron chi connectivity index (χ3n) is 5.93. The lowest BCUT2D eigenvalue weighted by molar-refractivity contribution is 0.0778. The van der Waals surface area contributed by atoms with Crippen molar-refractivity contribution < 1.29 is 18.0 Å². The second-order valence-corrected chi connectivity index (χ2v) is 9.79. The molecule has 6 nitrogen and oxygen atoms in total. The third-order valence-corrected chi connectivity index (χ3v) is 8.15. The number of hydrogen-bond donors (Lipinski definition) is 0. The van der Waals surface area contributed by atoms with Gasteiger partial charge in [-0.3, -0.25) is 9.59 Å². The molecule has 0 radical (unpaired) electrons. The number of hydrogen-bond acceptors (Lipinski definition) is 5. The van der Waals surface area contributed by atoms with Gasteiger partial charge in [0.2, 0.25) is 0 Å². The Balaban J connectivity index is 1.63. The molecule has 0 saturated carbocycles. The highest BCUT2D eigenvalue weighted by Gasteiger charge is 2.53. The monoisotopic (exact) mass is 362 g/mol. The van der Waals surface area contributed by atoms with E-state index in [-0.39, 0.29) is 35.9 Å². The maximum Gasteiger partial charge on any atom is 0.254 e. The zero-order valence-electron chi connectivity index (χ0n) is 14.4.